The van der Waals surface area contributed by atoms with E-state index in [4.69, 9.17) is 14.2 Å². The molecule has 0 aliphatic heterocycles. The maximum absolute atomic E-state index is 13.6. The molecule has 3 aromatic rings. The number of H-pyrrole nitrogens is 1. The molecule has 1 atom stereocenters. The number of rotatable bonds is 11. The van der Waals surface area contributed by atoms with Gasteiger partial charge in [0.2, 0.25) is 0 Å². The molecule has 1 aromatic carbocycles. The molecular formula is C25H29N3O8. The number of carbonyl (C=O) groups excluding carboxylic acids is 2. The van der Waals surface area contributed by atoms with Crippen molar-refractivity contribution in [3.8, 4) is 17.2 Å². The molecule has 0 amide bonds. The number of pyridine rings is 1. The summed E-state index contributed by atoms with van der Waals surface area (Å²) in [4.78, 5) is 44.5. The lowest BCUT2D eigenvalue weighted by Gasteiger charge is -2.21. The Balaban J connectivity index is 2.08. The summed E-state index contributed by atoms with van der Waals surface area (Å²) < 4.78 is 21.9. The number of hydrogen-bond donors (Lipinski definition) is 2. The highest BCUT2D eigenvalue weighted by Crippen LogP contribution is 2.37. The molecule has 0 unspecified atom stereocenters. The van der Waals surface area contributed by atoms with Gasteiger partial charge >= 0.3 is 11.9 Å². The molecule has 0 radical (unpaired) electrons. The number of benzene rings is 1. The molecular weight excluding hydrogens is 470 g/mol. The molecule has 11 nitrogen and oxygen atoms in total. The summed E-state index contributed by atoms with van der Waals surface area (Å²) >= 11 is 0. The van der Waals surface area contributed by atoms with Crippen molar-refractivity contribution in [3.63, 3.8) is 0 Å². The van der Waals surface area contributed by atoms with Gasteiger partial charge in [-0.1, -0.05) is 6.07 Å². The van der Waals surface area contributed by atoms with E-state index < -0.39 is 23.4 Å². The van der Waals surface area contributed by atoms with Gasteiger partial charge in [-0.2, -0.15) is 0 Å². The van der Waals surface area contributed by atoms with Gasteiger partial charge in [-0.3, -0.25) is 9.59 Å². The number of aryl methyl sites for hydroxylation is 2. The molecule has 0 spiro atoms. The monoisotopic (exact) mass is 499 g/mol. The minimum atomic E-state index is -0.865. The standard InChI is InChI=1S/C25H29N3O8/c1-15-9-19(29)24(25(32)28(15)8-7-17-12-26-14-27-17)18(11-22(30)34-3)16-5-6-20(33-2)21(10-16)36-13-23(31)35-4/h5-6,9-10,12,14,18,29H,7-8,11,13H2,1-4H3,(H,26,27)/t18-/m1/s1. The lowest BCUT2D eigenvalue weighted by molar-refractivity contribution is -0.143. The number of esters is 2. The molecule has 192 valence electrons. The third kappa shape index (κ3) is 6.04. The van der Waals surface area contributed by atoms with Crippen LogP contribution >= 0.6 is 0 Å². The Hall–Kier alpha value is -4.28. The molecule has 0 fully saturated rings. The van der Waals surface area contributed by atoms with Crippen LogP contribution in [-0.4, -0.2) is 59.5 Å². The second-order valence-corrected chi connectivity index (χ2v) is 7.98. The number of aromatic nitrogens is 3. The third-order valence-electron chi connectivity index (χ3n) is 5.79. The lowest BCUT2D eigenvalue weighted by Crippen LogP contribution is -2.29. The minimum Gasteiger partial charge on any atom is -0.507 e. The largest absolute Gasteiger partial charge is 0.507 e. The van der Waals surface area contributed by atoms with Crippen LogP contribution in [0.4, 0.5) is 0 Å². The second kappa shape index (κ2) is 11.9. The van der Waals surface area contributed by atoms with Crippen molar-refractivity contribution < 1.29 is 33.6 Å². The summed E-state index contributed by atoms with van der Waals surface area (Å²) in [5.41, 5.74) is 1.50. The third-order valence-corrected chi connectivity index (χ3v) is 5.79. The van der Waals surface area contributed by atoms with Crippen LogP contribution in [0, 0.1) is 6.92 Å². The topological polar surface area (TPSA) is 142 Å². The number of nitrogens with one attached hydrogen (secondary N) is 1. The Bertz CT molecular complexity index is 1270. The Kier molecular flexibility index (Phi) is 8.71. The molecule has 11 heteroatoms. The predicted octanol–water partition coefficient (Wildman–Crippen LogP) is 2.08. The molecule has 2 N–H and O–H groups in total. The van der Waals surface area contributed by atoms with E-state index in [1.54, 1.807) is 42.2 Å². The molecule has 36 heavy (non-hydrogen) atoms. The van der Waals surface area contributed by atoms with Crippen molar-refractivity contribution in [2.45, 2.75) is 32.2 Å². The summed E-state index contributed by atoms with van der Waals surface area (Å²) in [6, 6.07) is 6.30. The van der Waals surface area contributed by atoms with E-state index in [0.717, 1.165) is 5.69 Å². The Morgan fingerprint density at radius 1 is 1.11 bits per heavy atom. The van der Waals surface area contributed by atoms with Crippen LogP contribution in [0.15, 0.2) is 41.6 Å². The maximum atomic E-state index is 13.6. The second-order valence-electron chi connectivity index (χ2n) is 7.98. The number of aromatic amines is 1. The van der Waals surface area contributed by atoms with Crippen LogP contribution in [0.25, 0.3) is 0 Å². The maximum Gasteiger partial charge on any atom is 0.343 e. The normalized spacial score (nSPS) is 11.6. The van der Waals surface area contributed by atoms with Gasteiger partial charge < -0.3 is 33.6 Å². The van der Waals surface area contributed by atoms with Gasteiger partial charge in [-0.25, -0.2) is 9.78 Å². The minimum absolute atomic E-state index is 0.0414. The van der Waals surface area contributed by atoms with E-state index in [0.29, 0.717) is 30.0 Å². The highest BCUT2D eigenvalue weighted by molar-refractivity contribution is 5.72. The van der Waals surface area contributed by atoms with Gasteiger partial charge in [0.1, 0.15) is 5.75 Å². The molecule has 0 saturated carbocycles. The number of nitrogens with zero attached hydrogens (tertiary/aromatic N) is 2. The van der Waals surface area contributed by atoms with E-state index >= 15 is 0 Å². The summed E-state index contributed by atoms with van der Waals surface area (Å²) in [5, 5.41) is 10.8. The fourth-order valence-corrected chi connectivity index (χ4v) is 3.88. The molecule has 3 rings (SSSR count). The van der Waals surface area contributed by atoms with Crippen molar-refractivity contribution in [1.29, 1.82) is 0 Å². The van der Waals surface area contributed by atoms with Gasteiger partial charge in [-0.15, -0.1) is 0 Å². The lowest BCUT2D eigenvalue weighted by atomic mass is 9.88. The van der Waals surface area contributed by atoms with Crippen LogP contribution in [0.1, 0.15) is 34.9 Å². The Labute approximate surface area is 207 Å². The zero-order valence-corrected chi connectivity index (χ0v) is 20.6. The fraction of sp³-hybridized carbons (Fsp3) is 0.360. The Morgan fingerprint density at radius 3 is 2.50 bits per heavy atom. The van der Waals surface area contributed by atoms with Gasteiger partial charge in [0.05, 0.1) is 39.6 Å². The first kappa shape index (κ1) is 26.3. The first-order chi connectivity index (χ1) is 17.3. The molecule has 2 aromatic heterocycles. The predicted molar refractivity (Wildman–Crippen MR) is 128 cm³/mol. The van der Waals surface area contributed by atoms with E-state index in [2.05, 4.69) is 14.7 Å². The molecule has 0 bridgehead atoms. The smallest absolute Gasteiger partial charge is 0.343 e. The summed E-state index contributed by atoms with van der Waals surface area (Å²) in [5.74, 6) is -1.72. The number of methoxy groups -OCH3 is 3. The zero-order valence-electron chi connectivity index (χ0n) is 20.6. The first-order valence-corrected chi connectivity index (χ1v) is 11.1. The average Bonchev–Trinajstić information content (AvgIpc) is 3.39. The highest BCUT2D eigenvalue weighted by Gasteiger charge is 2.27. The SMILES string of the molecule is COC(=O)COc1cc([C@@H](CC(=O)OC)c2c(O)cc(C)n(CCc3cnc[nH]3)c2=O)ccc1OC. The number of carbonyl (C=O) groups is 2. The first-order valence-electron chi connectivity index (χ1n) is 11.1. The quantitative estimate of drug-likeness (QED) is 0.379. The van der Waals surface area contributed by atoms with Crippen LogP contribution in [0.2, 0.25) is 0 Å². The van der Waals surface area contributed by atoms with Crippen molar-refractivity contribution >= 4 is 11.9 Å². The van der Waals surface area contributed by atoms with Crippen molar-refractivity contribution in [3.05, 3.63) is 69.7 Å². The van der Waals surface area contributed by atoms with Crippen LogP contribution < -0.4 is 15.0 Å². The van der Waals surface area contributed by atoms with Crippen LogP contribution in [0.5, 0.6) is 17.2 Å². The molecule has 0 aliphatic rings. The average molecular weight is 500 g/mol. The molecule has 0 saturated heterocycles. The number of aromatic hydroxyl groups is 1. The fourth-order valence-electron chi connectivity index (χ4n) is 3.88. The van der Waals surface area contributed by atoms with Crippen molar-refractivity contribution in [2.24, 2.45) is 0 Å². The van der Waals surface area contributed by atoms with Gasteiger partial charge in [0, 0.05) is 36.5 Å². The zero-order chi connectivity index (χ0) is 26.2. The number of imidazole rings is 1. The van der Waals surface area contributed by atoms with Gasteiger partial charge in [0.15, 0.2) is 18.1 Å². The number of hydrogen-bond acceptors (Lipinski definition) is 9. The summed E-state index contributed by atoms with van der Waals surface area (Å²) in [6.07, 6.45) is 3.53. The summed E-state index contributed by atoms with van der Waals surface area (Å²) in [6.45, 7) is 1.69. The summed E-state index contributed by atoms with van der Waals surface area (Å²) in [7, 11) is 3.93. The van der Waals surface area contributed by atoms with Crippen LogP contribution in [0.3, 0.4) is 0 Å². The van der Waals surface area contributed by atoms with Gasteiger partial charge in [0.25, 0.3) is 5.56 Å². The van der Waals surface area contributed by atoms with Crippen molar-refractivity contribution in [2.75, 3.05) is 27.9 Å². The van der Waals surface area contributed by atoms with Crippen molar-refractivity contribution in [1.82, 2.24) is 14.5 Å². The Morgan fingerprint density at radius 2 is 1.86 bits per heavy atom. The number of ether oxygens (including phenoxy) is 4. The van der Waals surface area contributed by atoms with E-state index in [9.17, 15) is 19.5 Å². The molecule has 0 aliphatic carbocycles. The molecule has 2 heterocycles. The highest BCUT2D eigenvalue weighted by atomic mass is 16.6. The van der Waals surface area contributed by atoms with E-state index in [1.807, 2.05) is 0 Å². The van der Waals surface area contributed by atoms with Gasteiger partial charge in [-0.05, 0) is 30.7 Å². The van der Waals surface area contributed by atoms with Crippen LogP contribution in [-0.2, 0) is 32.0 Å². The van der Waals surface area contributed by atoms with E-state index in [-0.39, 0.29) is 30.1 Å². The van der Waals surface area contributed by atoms with E-state index in [1.165, 1.54) is 27.4 Å².